The normalized spacial score (nSPS) is 10.8. The highest BCUT2D eigenvalue weighted by Gasteiger charge is 2.23. The largest absolute Gasteiger partial charge is 0.423 e. The minimum Gasteiger partial charge on any atom is -0.423 e. The predicted octanol–water partition coefficient (Wildman–Crippen LogP) is 4.14. The van der Waals surface area contributed by atoms with Gasteiger partial charge in [0.25, 0.3) is 0 Å². The molecule has 0 aliphatic carbocycles. The van der Waals surface area contributed by atoms with Gasteiger partial charge in [-0.2, -0.15) is 0 Å². The number of aryl methyl sites for hydroxylation is 1. The Morgan fingerprint density at radius 1 is 1.24 bits per heavy atom. The number of hydrogen-bond donors (Lipinski definition) is 1. The molecule has 0 spiro atoms. The van der Waals surface area contributed by atoms with Gasteiger partial charge in [0.15, 0.2) is 5.75 Å². The number of rotatable bonds is 5. The Hall–Kier alpha value is -2.60. The van der Waals surface area contributed by atoms with Gasteiger partial charge in [0, 0.05) is 28.4 Å². The molecular weight excluding hydrogens is 336 g/mol. The van der Waals surface area contributed by atoms with Gasteiger partial charge in [0.1, 0.15) is 11.4 Å². The second-order valence-corrected chi connectivity index (χ2v) is 6.50. The molecule has 0 bridgehead atoms. The number of ketones is 1. The first-order valence-electron chi connectivity index (χ1n) is 7.91. The number of esters is 1. The van der Waals surface area contributed by atoms with E-state index in [-0.39, 0.29) is 29.6 Å². The fourth-order valence-electron chi connectivity index (χ4n) is 2.51. The lowest BCUT2D eigenvalue weighted by Crippen LogP contribution is -2.11. The number of thioether (sulfide) groups is 1. The maximum Gasteiger partial charge on any atom is 0.310 e. The van der Waals surface area contributed by atoms with Crippen molar-refractivity contribution in [3.63, 3.8) is 0 Å². The molecule has 6 heteroatoms. The molecule has 0 radical (unpaired) electrons. The standard InChI is InChI=1S/C19H18N2O3S/c1-4-16(22)24-19-13-10-12(25-3)5-6-14(13)21-17(19)18(23)15-9-11(2)7-8-20-15/h5-10,21H,4H2,1-3H3. The number of benzene rings is 1. The van der Waals surface area contributed by atoms with E-state index in [2.05, 4.69) is 9.97 Å². The molecule has 0 atom stereocenters. The summed E-state index contributed by atoms with van der Waals surface area (Å²) in [5.74, 6) is -0.419. The number of nitrogens with one attached hydrogen (secondary N) is 1. The highest BCUT2D eigenvalue weighted by Crippen LogP contribution is 2.34. The van der Waals surface area contributed by atoms with Crippen molar-refractivity contribution in [3.8, 4) is 5.75 Å². The summed E-state index contributed by atoms with van der Waals surface area (Å²) < 4.78 is 5.49. The fourth-order valence-corrected chi connectivity index (χ4v) is 2.95. The quantitative estimate of drug-likeness (QED) is 0.423. The average molecular weight is 354 g/mol. The highest BCUT2D eigenvalue weighted by molar-refractivity contribution is 7.98. The number of carbonyl (C=O) groups is 2. The summed E-state index contributed by atoms with van der Waals surface area (Å²) in [7, 11) is 0. The van der Waals surface area contributed by atoms with Crippen LogP contribution in [0.5, 0.6) is 5.75 Å². The van der Waals surface area contributed by atoms with Crippen LogP contribution in [0.4, 0.5) is 0 Å². The zero-order valence-corrected chi connectivity index (χ0v) is 15.1. The van der Waals surface area contributed by atoms with E-state index in [1.807, 2.05) is 37.4 Å². The summed E-state index contributed by atoms with van der Waals surface area (Å²) in [5.41, 5.74) is 2.23. The third-order valence-corrected chi connectivity index (χ3v) is 4.56. The van der Waals surface area contributed by atoms with Crippen molar-refractivity contribution in [2.24, 2.45) is 0 Å². The van der Waals surface area contributed by atoms with Crippen LogP contribution >= 0.6 is 11.8 Å². The molecule has 0 unspecified atom stereocenters. The molecule has 1 aromatic carbocycles. The molecule has 5 nitrogen and oxygen atoms in total. The van der Waals surface area contributed by atoms with Crippen molar-refractivity contribution in [2.45, 2.75) is 25.2 Å². The Morgan fingerprint density at radius 3 is 2.72 bits per heavy atom. The number of fused-ring (bicyclic) bond motifs is 1. The maximum absolute atomic E-state index is 12.9. The van der Waals surface area contributed by atoms with Gasteiger partial charge in [-0.15, -0.1) is 11.8 Å². The molecular formula is C19H18N2O3S. The molecule has 3 rings (SSSR count). The molecule has 128 valence electrons. The van der Waals surface area contributed by atoms with E-state index >= 15 is 0 Å². The SMILES string of the molecule is CCC(=O)Oc1c(C(=O)c2cc(C)ccn2)[nH]c2ccc(SC)cc12. The summed E-state index contributed by atoms with van der Waals surface area (Å²) in [5, 5.41) is 0.713. The summed E-state index contributed by atoms with van der Waals surface area (Å²) in [6.45, 7) is 3.61. The monoisotopic (exact) mass is 354 g/mol. The minimum absolute atomic E-state index is 0.227. The van der Waals surface area contributed by atoms with Crippen LogP contribution in [0, 0.1) is 6.92 Å². The van der Waals surface area contributed by atoms with Gasteiger partial charge in [-0.25, -0.2) is 0 Å². The Kier molecular flexibility index (Phi) is 4.90. The maximum atomic E-state index is 12.9. The van der Waals surface area contributed by atoms with Crippen molar-refractivity contribution in [1.82, 2.24) is 9.97 Å². The summed E-state index contributed by atoms with van der Waals surface area (Å²) in [6, 6.07) is 9.28. The van der Waals surface area contributed by atoms with Crippen LogP contribution in [0.3, 0.4) is 0 Å². The van der Waals surface area contributed by atoms with E-state index in [0.717, 1.165) is 16.0 Å². The summed E-state index contributed by atoms with van der Waals surface area (Å²) in [4.78, 5) is 33.1. The Bertz CT molecular complexity index is 962. The van der Waals surface area contributed by atoms with E-state index in [0.29, 0.717) is 11.1 Å². The topological polar surface area (TPSA) is 72.1 Å². The second kappa shape index (κ2) is 7.11. The van der Waals surface area contributed by atoms with Crippen LogP contribution in [-0.2, 0) is 4.79 Å². The van der Waals surface area contributed by atoms with Crippen LogP contribution in [0.1, 0.15) is 35.1 Å². The van der Waals surface area contributed by atoms with Crippen LogP contribution in [0.2, 0.25) is 0 Å². The molecule has 0 aliphatic heterocycles. The molecule has 0 fully saturated rings. The third-order valence-electron chi connectivity index (χ3n) is 3.84. The van der Waals surface area contributed by atoms with E-state index < -0.39 is 0 Å². The van der Waals surface area contributed by atoms with Gasteiger partial charge in [0.2, 0.25) is 5.78 Å². The van der Waals surface area contributed by atoms with E-state index in [1.54, 1.807) is 30.9 Å². The van der Waals surface area contributed by atoms with E-state index in [9.17, 15) is 9.59 Å². The first-order valence-corrected chi connectivity index (χ1v) is 9.13. The highest BCUT2D eigenvalue weighted by atomic mass is 32.2. The van der Waals surface area contributed by atoms with Crippen molar-refractivity contribution in [3.05, 3.63) is 53.5 Å². The van der Waals surface area contributed by atoms with Crippen molar-refractivity contribution in [1.29, 1.82) is 0 Å². The van der Waals surface area contributed by atoms with Gasteiger partial charge in [-0.05, 0) is 49.1 Å². The lowest BCUT2D eigenvalue weighted by Gasteiger charge is -2.05. The minimum atomic E-state index is -0.387. The number of pyridine rings is 1. The fraction of sp³-hybridized carbons (Fsp3) is 0.211. The van der Waals surface area contributed by atoms with Crippen LogP contribution < -0.4 is 4.74 Å². The molecule has 0 saturated carbocycles. The summed E-state index contributed by atoms with van der Waals surface area (Å²) in [6.07, 6.45) is 3.79. The van der Waals surface area contributed by atoms with Gasteiger partial charge in [-0.3, -0.25) is 14.6 Å². The molecule has 2 heterocycles. The molecule has 0 amide bonds. The Balaban J connectivity index is 2.17. The second-order valence-electron chi connectivity index (χ2n) is 5.62. The number of aromatic amines is 1. The van der Waals surface area contributed by atoms with Gasteiger partial charge >= 0.3 is 5.97 Å². The molecule has 0 aliphatic rings. The van der Waals surface area contributed by atoms with Crippen molar-refractivity contribution < 1.29 is 14.3 Å². The predicted molar refractivity (Wildman–Crippen MR) is 98.4 cm³/mol. The number of nitrogens with zero attached hydrogens (tertiary/aromatic N) is 1. The first-order chi connectivity index (χ1) is 12.0. The molecule has 0 saturated heterocycles. The molecule has 1 N–H and O–H groups in total. The molecule has 25 heavy (non-hydrogen) atoms. The lowest BCUT2D eigenvalue weighted by atomic mass is 10.1. The Labute approximate surface area is 149 Å². The summed E-state index contributed by atoms with van der Waals surface area (Å²) >= 11 is 1.58. The number of aromatic nitrogens is 2. The first kappa shape index (κ1) is 17.2. The van der Waals surface area contributed by atoms with E-state index in [1.165, 1.54) is 0 Å². The number of carbonyl (C=O) groups excluding carboxylic acids is 2. The average Bonchev–Trinajstić information content (AvgIpc) is 2.98. The smallest absolute Gasteiger partial charge is 0.310 e. The number of H-pyrrole nitrogens is 1. The van der Waals surface area contributed by atoms with E-state index in [4.69, 9.17) is 4.74 Å². The van der Waals surface area contributed by atoms with Gasteiger partial charge < -0.3 is 9.72 Å². The number of ether oxygens (including phenoxy) is 1. The lowest BCUT2D eigenvalue weighted by molar-refractivity contribution is -0.133. The van der Waals surface area contributed by atoms with Gasteiger partial charge in [-0.1, -0.05) is 6.92 Å². The molecule has 3 aromatic rings. The molecule has 2 aromatic heterocycles. The zero-order chi connectivity index (χ0) is 18.0. The Morgan fingerprint density at radius 2 is 2.04 bits per heavy atom. The number of hydrogen-bond acceptors (Lipinski definition) is 5. The van der Waals surface area contributed by atoms with Crippen LogP contribution in [-0.4, -0.2) is 28.0 Å². The van der Waals surface area contributed by atoms with Crippen LogP contribution in [0.25, 0.3) is 10.9 Å². The van der Waals surface area contributed by atoms with Crippen molar-refractivity contribution in [2.75, 3.05) is 6.26 Å². The van der Waals surface area contributed by atoms with Crippen LogP contribution in [0.15, 0.2) is 41.4 Å². The van der Waals surface area contributed by atoms with Crippen molar-refractivity contribution >= 4 is 34.4 Å². The zero-order valence-electron chi connectivity index (χ0n) is 14.3. The third kappa shape index (κ3) is 3.44. The van der Waals surface area contributed by atoms with Gasteiger partial charge in [0.05, 0.1) is 0 Å².